The van der Waals surface area contributed by atoms with Crippen LogP contribution in [-0.4, -0.2) is 64.6 Å². The summed E-state index contributed by atoms with van der Waals surface area (Å²) >= 11 is 0. The molecule has 4 rings (SSSR count). The average molecular weight is 425 g/mol. The lowest BCUT2D eigenvalue weighted by Gasteiger charge is -2.33. The van der Waals surface area contributed by atoms with E-state index in [9.17, 15) is 9.59 Å². The van der Waals surface area contributed by atoms with Crippen LogP contribution in [0, 0.1) is 13.8 Å². The van der Waals surface area contributed by atoms with Crippen LogP contribution in [0.5, 0.6) is 5.75 Å². The number of aromatic nitrogens is 2. The number of hydrogen-bond donors (Lipinski definition) is 1. The van der Waals surface area contributed by atoms with Gasteiger partial charge in [0, 0.05) is 32.1 Å². The topological polar surface area (TPSA) is 78.5 Å². The second-order valence-corrected chi connectivity index (χ2v) is 8.74. The lowest BCUT2D eigenvalue weighted by atomic mass is 9.92. The van der Waals surface area contributed by atoms with Gasteiger partial charge in [-0.15, -0.1) is 0 Å². The lowest BCUT2D eigenvalue weighted by Crippen LogP contribution is -2.42. The van der Waals surface area contributed by atoms with Crippen LogP contribution < -0.4 is 4.74 Å². The Labute approximate surface area is 183 Å². The monoisotopic (exact) mass is 424 g/mol. The maximum Gasteiger partial charge on any atom is 0.260 e. The lowest BCUT2D eigenvalue weighted by molar-refractivity contribution is -0.134. The van der Waals surface area contributed by atoms with Gasteiger partial charge in [-0.3, -0.25) is 14.7 Å². The molecule has 0 radical (unpaired) electrons. The van der Waals surface area contributed by atoms with Gasteiger partial charge in [-0.05, 0) is 57.1 Å². The van der Waals surface area contributed by atoms with Gasteiger partial charge in [0.1, 0.15) is 5.75 Å². The second kappa shape index (κ2) is 9.54. The Kier molecular flexibility index (Phi) is 6.59. The van der Waals surface area contributed by atoms with E-state index >= 15 is 0 Å². The molecule has 7 nitrogen and oxygen atoms in total. The van der Waals surface area contributed by atoms with Crippen LogP contribution in [0.15, 0.2) is 24.4 Å². The fourth-order valence-corrected chi connectivity index (χ4v) is 4.74. The first-order chi connectivity index (χ1) is 15.0. The van der Waals surface area contributed by atoms with Crippen LogP contribution in [0.4, 0.5) is 0 Å². The highest BCUT2D eigenvalue weighted by Gasteiger charge is 2.31. The van der Waals surface area contributed by atoms with Gasteiger partial charge in [-0.1, -0.05) is 18.2 Å². The van der Waals surface area contributed by atoms with Crippen molar-refractivity contribution in [3.8, 4) is 5.75 Å². The normalized spacial score (nSPS) is 19.4. The highest BCUT2D eigenvalue weighted by molar-refractivity contribution is 5.95. The molecule has 0 bridgehead atoms. The number of nitrogens with one attached hydrogen (secondary N) is 1. The molecule has 2 aliphatic heterocycles. The molecular weight excluding hydrogens is 392 g/mol. The SMILES string of the molecule is Cc1cccc(C)c1OCC(=O)N1CCC[C@H](c2[nH]ncc2C(=O)N2CCCCC2)C1. The molecule has 0 aliphatic carbocycles. The van der Waals surface area contributed by atoms with Crippen molar-refractivity contribution < 1.29 is 14.3 Å². The number of hydrogen-bond acceptors (Lipinski definition) is 4. The molecule has 2 amide bonds. The van der Waals surface area contributed by atoms with Crippen LogP contribution in [0.3, 0.4) is 0 Å². The molecule has 1 aromatic carbocycles. The average Bonchev–Trinajstić information content (AvgIpc) is 3.29. The van der Waals surface area contributed by atoms with Crippen molar-refractivity contribution in [2.75, 3.05) is 32.8 Å². The first kappa shape index (κ1) is 21.4. The molecule has 2 aliphatic rings. The summed E-state index contributed by atoms with van der Waals surface area (Å²) < 4.78 is 5.88. The summed E-state index contributed by atoms with van der Waals surface area (Å²) in [6, 6.07) is 5.97. The number of para-hydroxylation sites is 1. The molecule has 7 heteroatoms. The predicted octanol–water partition coefficient (Wildman–Crippen LogP) is 3.44. The van der Waals surface area contributed by atoms with Crippen molar-refractivity contribution in [3.05, 3.63) is 46.8 Å². The fourth-order valence-electron chi connectivity index (χ4n) is 4.74. The number of H-pyrrole nitrogens is 1. The van der Waals surface area contributed by atoms with E-state index in [1.54, 1.807) is 6.20 Å². The number of carbonyl (C=O) groups excluding carboxylic acids is 2. The summed E-state index contributed by atoms with van der Waals surface area (Å²) in [7, 11) is 0. The maximum atomic E-state index is 13.0. The molecule has 0 saturated carbocycles. The zero-order chi connectivity index (χ0) is 21.8. The number of aryl methyl sites for hydroxylation is 2. The van der Waals surface area contributed by atoms with Crippen LogP contribution in [0.2, 0.25) is 0 Å². The number of carbonyl (C=O) groups is 2. The van der Waals surface area contributed by atoms with E-state index in [-0.39, 0.29) is 24.3 Å². The van der Waals surface area contributed by atoms with E-state index in [2.05, 4.69) is 10.2 Å². The summed E-state index contributed by atoms with van der Waals surface area (Å²) in [5.41, 5.74) is 3.59. The number of likely N-dealkylation sites (tertiary alicyclic amines) is 2. The van der Waals surface area contributed by atoms with Crippen molar-refractivity contribution in [1.29, 1.82) is 0 Å². The molecule has 0 unspecified atom stereocenters. The van der Waals surface area contributed by atoms with Crippen LogP contribution in [-0.2, 0) is 4.79 Å². The zero-order valence-corrected chi connectivity index (χ0v) is 18.5. The second-order valence-electron chi connectivity index (χ2n) is 8.74. The number of piperidine rings is 2. The van der Waals surface area contributed by atoms with Crippen LogP contribution in [0.25, 0.3) is 0 Å². The number of benzene rings is 1. The van der Waals surface area contributed by atoms with E-state index in [1.165, 1.54) is 6.42 Å². The Morgan fingerprint density at radius 2 is 1.77 bits per heavy atom. The van der Waals surface area contributed by atoms with Crippen molar-refractivity contribution in [2.24, 2.45) is 0 Å². The molecule has 31 heavy (non-hydrogen) atoms. The number of amides is 2. The van der Waals surface area contributed by atoms with E-state index in [1.807, 2.05) is 41.8 Å². The largest absolute Gasteiger partial charge is 0.483 e. The smallest absolute Gasteiger partial charge is 0.260 e. The van der Waals surface area contributed by atoms with Crippen molar-refractivity contribution in [3.63, 3.8) is 0 Å². The van der Waals surface area contributed by atoms with Gasteiger partial charge in [-0.25, -0.2) is 0 Å². The van der Waals surface area contributed by atoms with Gasteiger partial charge in [-0.2, -0.15) is 5.10 Å². The molecule has 2 saturated heterocycles. The Morgan fingerprint density at radius 1 is 1.06 bits per heavy atom. The number of ether oxygens (including phenoxy) is 1. The van der Waals surface area contributed by atoms with E-state index < -0.39 is 0 Å². The molecular formula is C24H32N4O3. The number of nitrogens with zero attached hydrogens (tertiary/aromatic N) is 3. The molecule has 1 atom stereocenters. The first-order valence-corrected chi connectivity index (χ1v) is 11.3. The summed E-state index contributed by atoms with van der Waals surface area (Å²) in [4.78, 5) is 29.7. The van der Waals surface area contributed by atoms with Gasteiger partial charge in [0.2, 0.25) is 0 Å². The number of aromatic amines is 1. The standard InChI is InChI=1S/C24H32N4O3/c1-17-8-6-9-18(2)23(17)31-16-21(29)28-13-7-10-19(15-28)22-20(14-25-26-22)24(30)27-11-4-3-5-12-27/h6,8-9,14,19H,3-5,7,10-13,15-16H2,1-2H3,(H,25,26)/t19-/m0/s1. The Bertz CT molecular complexity index is 912. The van der Waals surface area contributed by atoms with Crippen molar-refractivity contribution >= 4 is 11.8 Å². The predicted molar refractivity (Wildman–Crippen MR) is 118 cm³/mol. The molecule has 166 valence electrons. The zero-order valence-electron chi connectivity index (χ0n) is 18.5. The maximum absolute atomic E-state index is 13.0. The summed E-state index contributed by atoms with van der Waals surface area (Å²) in [6.07, 6.45) is 6.79. The van der Waals surface area contributed by atoms with Crippen LogP contribution in [0.1, 0.15) is 65.2 Å². The third-order valence-electron chi connectivity index (χ3n) is 6.47. The third-order valence-corrected chi connectivity index (χ3v) is 6.47. The van der Waals surface area contributed by atoms with Gasteiger partial charge in [0.15, 0.2) is 6.61 Å². The van der Waals surface area contributed by atoms with Gasteiger partial charge < -0.3 is 14.5 Å². The highest BCUT2D eigenvalue weighted by Crippen LogP contribution is 2.29. The summed E-state index contributed by atoms with van der Waals surface area (Å²) in [5, 5.41) is 7.24. The van der Waals surface area contributed by atoms with Crippen molar-refractivity contribution in [2.45, 2.75) is 51.9 Å². The van der Waals surface area contributed by atoms with E-state index in [0.717, 1.165) is 67.9 Å². The molecule has 3 heterocycles. The highest BCUT2D eigenvalue weighted by atomic mass is 16.5. The van der Waals surface area contributed by atoms with E-state index in [0.29, 0.717) is 12.1 Å². The van der Waals surface area contributed by atoms with Gasteiger partial charge >= 0.3 is 0 Å². The molecule has 2 fully saturated rings. The molecule has 1 aromatic heterocycles. The fraction of sp³-hybridized carbons (Fsp3) is 0.542. The van der Waals surface area contributed by atoms with Gasteiger partial charge in [0.05, 0.1) is 17.5 Å². The quantitative estimate of drug-likeness (QED) is 0.798. The summed E-state index contributed by atoms with van der Waals surface area (Å²) in [6.45, 7) is 6.93. The third kappa shape index (κ3) is 4.75. The van der Waals surface area contributed by atoms with Gasteiger partial charge in [0.25, 0.3) is 11.8 Å². The van der Waals surface area contributed by atoms with Crippen molar-refractivity contribution in [1.82, 2.24) is 20.0 Å². The summed E-state index contributed by atoms with van der Waals surface area (Å²) in [5.74, 6) is 0.914. The Balaban J connectivity index is 1.40. The van der Waals surface area contributed by atoms with Crippen LogP contribution >= 0.6 is 0 Å². The Morgan fingerprint density at radius 3 is 2.52 bits per heavy atom. The Hall–Kier alpha value is -2.83. The van der Waals surface area contributed by atoms with E-state index in [4.69, 9.17) is 4.74 Å². The first-order valence-electron chi connectivity index (χ1n) is 11.3. The molecule has 0 spiro atoms. The molecule has 2 aromatic rings. The molecule has 1 N–H and O–H groups in total. The number of rotatable bonds is 5. The minimum atomic E-state index is -0.0178. The minimum Gasteiger partial charge on any atom is -0.483 e. The minimum absolute atomic E-state index is 0.0178.